The molecule has 5 heteroatoms. The minimum absolute atomic E-state index is 0.0316. The van der Waals surface area contributed by atoms with Gasteiger partial charge in [-0.2, -0.15) is 0 Å². The van der Waals surface area contributed by atoms with Crippen molar-refractivity contribution in [1.29, 1.82) is 0 Å². The van der Waals surface area contributed by atoms with Crippen LogP contribution in [0, 0.1) is 12.3 Å². The number of aliphatic hydroxyl groups is 1. The summed E-state index contributed by atoms with van der Waals surface area (Å²) < 4.78 is 10.1. The molecule has 0 aliphatic rings. The molecule has 0 aliphatic heterocycles. The summed E-state index contributed by atoms with van der Waals surface area (Å²) in [7, 11) is 0. The van der Waals surface area contributed by atoms with E-state index in [1.54, 1.807) is 6.07 Å². The first-order valence-corrected chi connectivity index (χ1v) is 5.42. The van der Waals surface area contributed by atoms with E-state index in [0.29, 0.717) is 30.0 Å². The van der Waals surface area contributed by atoms with Crippen LogP contribution in [0.2, 0.25) is 0 Å². The van der Waals surface area contributed by atoms with Crippen molar-refractivity contribution >= 4 is 11.7 Å². The molecule has 0 spiro atoms. The minimum Gasteiger partial charge on any atom is -0.491 e. The molecule has 0 heterocycles. The third-order valence-corrected chi connectivity index (χ3v) is 2.10. The van der Waals surface area contributed by atoms with Gasteiger partial charge in [0, 0.05) is 13.0 Å². The van der Waals surface area contributed by atoms with Crippen molar-refractivity contribution < 1.29 is 19.4 Å². The number of nitrogens with two attached hydrogens (primary N) is 1. The van der Waals surface area contributed by atoms with Gasteiger partial charge >= 0.3 is 5.97 Å². The van der Waals surface area contributed by atoms with Crippen LogP contribution in [0.5, 0.6) is 5.75 Å². The number of carbonyl (C=O) groups is 1. The Hall–Kier alpha value is -2.19. The first-order chi connectivity index (χ1) is 8.69. The van der Waals surface area contributed by atoms with E-state index in [4.69, 9.17) is 26.7 Å². The van der Waals surface area contributed by atoms with E-state index in [0.717, 1.165) is 0 Å². The van der Waals surface area contributed by atoms with Crippen molar-refractivity contribution in [2.75, 3.05) is 25.6 Å². The van der Waals surface area contributed by atoms with Gasteiger partial charge in [-0.25, -0.2) is 4.79 Å². The topological polar surface area (TPSA) is 81.8 Å². The Morgan fingerprint density at radius 2 is 2.28 bits per heavy atom. The summed E-state index contributed by atoms with van der Waals surface area (Å²) >= 11 is 0. The number of hydrogen-bond donors (Lipinski definition) is 2. The predicted molar refractivity (Wildman–Crippen MR) is 67.2 cm³/mol. The van der Waals surface area contributed by atoms with E-state index in [2.05, 4.69) is 5.92 Å². The molecule has 1 aromatic carbocycles. The summed E-state index contributed by atoms with van der Waals surface area (Å²) in [5.41, 5.74) is 6.44. The van der Waals surface area contributed by atoms with Crippen molar-refractivity contribution in [3.05, 3.63) is 23.8 Å². The second-order valence-corrected chi connectivity index (χ2v) is 3.46. The molecule has 3 N–H and O–H groups in total. The highest BCUT2D eigenvalue weighted by Crippen LogP contribution is 2.23. The van der Waals surface area contributed by atoms with Crippen LogP contribution in [-0.4, -0.2) is 30.9 Å². The third kappa shape index (κ3) is 4.00. The normalized spacial score (nSPS) is 9.56. The van der Waals surface area contributed by atoms with Crippen LogP contribution < -0.4 is 10.5 Å². The molecular formula is C13H15NO4. The van der Waals surface area contributed by atoms with Crippen molar-refractivity contribution in [3.63, 3.8) is 0 Å². The number of terminal acetylenes is 1. The summed E-state index contributed by atoms with van der Waals surface area (Å²) in [6.45, 7) is 0.275. The number of hydrogen-bond acceptors (Lipinski definition) is 5. The van der Waals surface area contributed by atoms with Gasteiger partial charge in [-0.15, -0.1) is 6.42 Å². The molecule has 0 aromatic heterocycles. The van der Waals surface area contributed by atoms with E-state index in [1.807, 2.05) is 0 Å². The molecule has 0 amide bonds. The Morgan fingerprint density at radius 3 is 2.94 bits per heavy atom. The smallest absolute Gasteiger partial charge is 0.339 e. The maximum Gasteiger partial charge on any atom is 0.339 e. The first kappa shape index (κ1) is 13.9. The SMILES string of the molecule is C#CCOC(=O)c1ccc(N)c(OCCCO)c1. The van der Waals surface area contributed by atoms with Crippen LogP contribution in [0.4, 0.5) is 5.69 Å². The van der Waals surface area contributed by atoms with Crippen LogP contribution in [-0.2, 0) is 4.74 Å². The van der Waals surface area contributed by atoms with Crippen molar-refractivity contribution in [2.45, 2.75) is 6.42 Å². The number of benzene rings is 1. The van der Waals surface area contributed by atoms with E-state index in [1.165, 1.54) is 12.1 Å². The zero-order valence-electron chi connectivity index (χ0n) is 9.89. The number of esters is 1. The molecule has 0 radical (unpaired) electrons. The lowest BCUT2D eigenvalue weighted by molar-refractivity contribution is 0.0556. The lowest BCUT2D eigenvalue weighted by atomic mass is 10.2. The summed E-state index contributed by atoms with van der Waals surface area (Å²) in [6, 6.07) is 4.58. The standard InChI is InChI=1S/C13H15NO4/c1-2-7-18-13(16)10-4-5-11(14)12(9-10)17-8-3-6-15/h1,4-5,9,15H,3,6-8,14H2. The van der Waals surface area contributed by atoms with E-state index >= 15 is 0 Å². The Bertz CT molecular complexity index is 451. The number of ether oxygens (including phenoxy) is 2. The number of nitrogen functional groups attached to an aromatic ring is 1. The zero-order valence-corrected chi connectivity index (χ0v) is 9.89. The lowest BCUT2D eigenvalue weighted by Crippen LogP contribution is -2.07. The fourth-order valence-electron chi connectivity index (χ4n) is 1.22. The van der Waals surface area contributed by atoms with Crippen LogP contribution in [0.25, 0.3) is 0 Å². The number of aliphatic hydroxyl groups excluding tert-OH is 1. The van der Waals surface area contributed by atoms with Crippen molar-refractivity contribution in [1.82, 2.24) is 0 Å². The molecule has 1 rings (SSSR count). The maximum absolute atomic E-state index is 11.5. The Labute approximate surface area is 106 Å². The summed E-state index contributed by atoms with van der Waals surface area (Å²) in [5, 5.41) is 8.65. The Morgan fingerprint density at radius 1 is 1.50 bits per heavy atom. The van der Waals surface area contributed by atoms with Crippen LogP contribution >= 0.6 is 0 Å². The fourth-order valence-corrected chi connectivity index (χ4v) is 1.22. The Kier molecular flexibility index (Phi) is 5.55. The average molecular weight is 249 g/mol. The summed E-state index contributed by atoms with van der Waals surface area (Å²) in [5.74, 6) is 2.07. The largest absolute Gasteiger partial charge is 0.491 e. The lowest BCUT2D eigenvalue weighted by Gasteiger charge is -2.09. The van der Waals surface area contributed by atoms with Gasteiger partial charge in [-0.1, -0.05) is 5.92 Å². The second kappa shape index (κ2) is 7.20. The monoisotopic (exact) mass is 249 g/mol. The molecule has 0 fully saturated rings. The van der Waals surface area contributed by atoms with Crippen molar-refractivity contribution in [2.24, 2.45) is 0 Å². The molecule has 0 saturated carbocycles. The summed E-state index contributed by atoms with van der Waals surface area (Å²) in [4.78, 5) is 11.5. The highest BCUT2D eigenvalue weighted by molar-refractivity contribution is 5.90. The highest BCUT2D eigenvalue weighted by Gasteiger charge is 2.10. The minimum atomic E-state index is -0.528. The van der Waals surface area contributed by atoms with Crippen LogP contribution in [0.15, 0.2) is 18.2 Å². The number of carbonyl (C=O) groups excluding carboxylic acids is 1. The molecule has 0 saturated heterocycles. The van der Waals surface area contributed by atoms with Crippen LogP contribution in [0.3, 0.4) is 0 Å². The molecule has 0 unspecified atom stereocenters. The van der Waals surface area contributed by atoms with Gasteiger partial charge in [0.25, 0.3) is 0 Å². The molecule has 5 nitrogen and oxygen atoms in total. The van der Waals surface area contributed by atoms with E-state index in [-0.39, 0.29) is 13.2 Å². The van der Waals surface area contributed by atoms with Gasteiger partial charge in [-0.05, 0) is 18.2 Å². The highest BCUT2D eigenvalue weighted by atomic mass is 16.5. The molecule has 0 bridgehead atoms. The van der Waals surface area contributed by atoms with Gasteiger partial charge in [0.15, 0.2) is 6.61 Å². The molecular weight excluding hydrogens is 234 g/mol. The maximum atomic E-state index is 11.5. The van der Waals surface area contributed by atoms with Crippen molar-refractivity contribution in [3.8, 4) is 18.1 Å². The van der Waals surface area contributed by atoms with Gasteiger partial charge in [0.1, 0.15) is 5.75 Å². The molecule has 0 aliphatic carbocycles. The fraction of sp³-hybridized carbons (Fsp3) is 0.308. The third-order valence-electron chi connectivity index (χ3n) is 2.10. The molecule has 1 aromatic rings. The molecule has 18 heavy (non-hydrogen) atoms. The predicted octanol–water partition coefficient (Wildman–Crippen LogP) is 0.820. The number of rotatable bonds is 6. The first-order valence-electron chi connectivity index (χ1n) is 5.42. The van der Waals surface area contributed by atoms with E-state index < -0.39 is 5.97 Å². The Balaban J connectivity index is 2.74. The zero-order chi connectivity index (χ0) is 13.4. The van der Waals surface area contributed by atoms with Gasteiger partial charge in [0.2, 0.25) is 0 Å². The molecule has 96 valence electrons. The van der Waals surface area contributed by atoms with Gasteiger partial charge in [-0.3, -0.25) is 0 Å². The number of anilines is 1. The van der Waals surface area contributed by atoms with Gasteiger partial charge < -0.3 is 20.3 Å². The quantitative estimate of drug-likeness (QED) is 0.337. The second-order valence-electron chi connectivity index (χ2n) is 3.46. The van der Waals surface area contributed by atoms with Crippen LogP contribution in [0.1, 0.15) is 16.8 Å². The van der Waals surface area contributed by atoms with Gasteiger partial charge in [0.05, 0.1) is 17.9 Å². The van der Waals surface area contributed by atoms with E-state index in [9.17, 15) is 4.79 Å². The summed E-state index contributed by atoms with van der Waals surface area (Å²) in [6.07, 6.45) is 5.49. The average Bonchev–Trinajstić information content (AvgIpc) is 2.38. The molecule has 0 atom stereocenters.